The topological polar surface area (TPSA) is 75.9 Å². The molecule has 2 N–H and O–H groups in total. The van der Waals surface area contributed by atoms with Gasteiger partial charge in [0.2, 0.25) is 5.91 Å². The molecule has 0 aromatic carbocycles. The largest absolute Gasteiger partial charge is 0.444 e. The molecule has 1 rings (SSSR count). The summed E-state index contributed by atoms with van der Waals surface area (Å²) in [6.07, 6.45) is 0.404. The van der Waals surface area contributed by atoms with E-state index in [1.54, 1.807) is 23.8 Å². The van der Waals surface area contributed by atoms with Gasteiger partial charge in [0.1, 0.15) is 5.60 Å². The quantitative estimate of drug-likeness (QED) is 0.806. The molecule has 0 unspecified atom stereocenters. The van der Waals surface area contributed by atoms with Gasteiger partial charge in [-0.1, -0.05) is 0 Å². The standard InChI is InChI=1S/C13H25N3O3/c1-9(14)11(17)16-7-6-10(8-16)15(5)12(18)19-13(2,3)4/h9-10H,6-8,14H2,1-5H3/t9-,10+/m0/s1. The SMILES string of the molecule is C[C@H](N)C(=O)N1CC[C@@H](N(C)C(=O)OC(C)(C)C)C1. The molecule has 2 amide bonds. The first kappa shape index (κ1) is 15.8. The van der Waals surface area contributed by atoms with E-state index in [1.165, 1.54) is 0 Å². The van der Waals surface area contributed by atoms with Crippen LogP contribution in [0.1, 0.15) is 34.1 Å². The molecule has 1 aliphatic heterocycles. The molecule has 1 saturated heterocycles. The summed E-state index contributed by atoms with van der Waals surface area (Å²) in [5, 5.41) is 0. The second-order valence-corrected chi connectivity index (χ2v) is 6.11. The third-order valence-corrected chi connectivity index (χ3v) is 3.09. The van der Waals surface area contributed by atoms with Gasteiger partial charge in [-0.25, -0.2) is 4.79 Å². The average molecular weight is 271 g/mol. The van der Waals surface area contributed by atoms with E-state index in [2.05, 4.69) is 0 Å². The molecule has 19 heavy (non-hydrogen) atoms. The Morgan fingerprint density at radius 3 is 2.47 bits per heavy atom. The number of likely N-dealkylation sites (N-methyl/N-ethyl adjacent to an activating group) is 1. The Morgan fingerprint density at radius 2 is 2.00 bits per heavy atom. The van der Waals surface area contributed by atoms with Crippen LogP contribution in [0.15, 0.2) is 0 Å². The van der Waals surface area contributed by atoms with Crippen molar-refractivity contribution in [1.29, 1.82) is 0 Å². The Hall–Kier alpha value is -1.30. The molecule has 6 nitrogen and oxygen atoms in total. The van der Waals surface area contributed by atoms with Crippen LogP contribution in [-0.2, 0) is 9.53 Å². The summed E-state index contributed by atoms with van der Waals surface area (Å²) in [5.41, 5.74) is 5.08. The Morgan fingerprint density at radius 1 is 1.42 bits per heavy atom. The highest BCUT2D eigenvalue weighted by Gasteiger charge is 2.33. The zero-order valence-corrected chi connectivity index (χ0v) is 12.5. The predicted octanol–water partition coefficient (Wildman–Crippen LogP) is 0.801. The highest BCUT2D eigenvalue weighted by Crippen LogP contribution is 2.18. The highest BCUT2D eigenvalue weighted by molar-refractivity contribution is 5.81. The number of carbonyl (C=O) groups is 2. The molecular formula is C13H25N3O3. The first-order valence-electron chi connectivity index (χ1n) is 6.62. The Balaban J connectivity index is 2.55. The van der Waals surface area contributed by atoms with E-state index in [0.717, 1.165) is 6.42 Å². The van der Waals surface area contributed by atoms with Crippen LogP contribution in [-0.4, -0.2) is 59.6 Å². The summed E-state index contributed by atoms with van der Waals surface area (Å²) in [6, 6.07) is -0.497. The highest BCUT2D eigenvalue weighted by atomic mass is 16.6. The van der Waals surface area contributed by atoms with Gasteiger partial charge in [0.15, 0.2) is 0 Å². The van der Waals surface area contributed by atoms with Crippen LogP contribution in [0.4, 0.5) is 4.79 Å². The van der Waals surface area contributed by atoms with Crippen LogP contribution in [0.25, 0.3) is 0 Å². The van der Waals surface area contributed by atoms with Crippen molar-refractivity contribution >= 4 is 12.0 Å². The van der Waals surface area contributed by atoms with Crippen molar-refractivity contribution in [3.63, 3.8) is 0 Å². The van der Waals surface area contributed by atoms with Crippen LogP contribution in [0.2, 0.25) is 0 Å². The number of nitrogens with two attached hydrogens (primary N) is 1. The molecule has 2 atom stereocenters. The fourth-order valence-electron chi connectivity index (χ4n) is 2.03. The fourth-order valence-corrected chi connectivity index (χ4v) is 2.03. The monoisotopic (exact) mass is 271 g/mol. The first-order valence-corrected chi connectivity index (χ1v) is 6.62. The number of hydrogen-bond donors (Lipinski definition) is 1. The minimum atomic E-state index is -0.509. The van der Waals surface area contributed by atoms with Gasteiger partial charge in [-0.05, 0) is 34.1 Å². The van der Waals surface area contributed by atoms with Crippen molar-refractivity contribution in [1.82, 2.24) is 9.80 Å². The molecular weight excluding hydrogens is 246 g/mol. The van der Waals surface area contributed by atoms with E-state index >= 15 is 0 Å². The summed E-state index contributed by atoms with van der Waals surface area (Å²) < 4.78 is 5.31. The summed E-state index contributed by atoms with van der Waals surface area (Å²) in [6.45, 7) is 8.33. The summed E-state index contributed by atoms with van der Waals surface area (Å²) in [4.78, 5) is 27.0. The van der Waals surface area contributed by atoms with Crippen molar-refractivity contribution in [2.45, 2.75) is 51.8 Å². The van der Waals surface area contributed by atoms with Crippen LogP contribution in [0.5, 0.6) is 0 Å². The zero-order chi connectivity index (χ0) is 14.8. The lowest BCUT2D eigenvalue weighted by atomic mass is 10.2. The van der Waals surface area contributed by atoms with Crippen molar-refractivity contribution in [3.05, 3.63) is 0 Å². The third kappa shape index (κ3) is 4.38. The fraction of sp³-hybridized carbons (Fsp3) is 0.846. The van der Waals surface area contributed by atoms with Gasteiger partial charge in [0, 0.05) is 20.1 Å². The molecule has 0 aromatic rings. The summed E-state index contributed by atoms with van der Waals surface area (Å²) >= 11 is 0. The number of amides is 2. The number of ether oxygens (including phenoxy) is 1. The number of hydrogen-bond acceptors (Lipinski definition) is 4. The number of rotatable bonds is 2. The van der Waals surface area contributed by atoms with E-state index in [9.17, 15) is 9.59 Å². The van der Waals surface area contributed by atoms with Gasteiger partial charge >= 0.3 is 6.09 Å². The maximum absolute atomic E-state index is 11.9. The van der Waals surface area contributed by atoms with Crippen LogP contribution in [0, 0.1) is 0 Å². The third-order valence-electron chi connectivity index (χ3n) is 3.09. The van der Waals surface area contributed by atoms with Gasteiger partial charge in [-0.2, -0.15) is 0 Å². The number of nitrogens with zero attached hydrogens (tertiary/aromatic N) is 2. The predicted molar refractivity (Wildman–Crippen MR) is 72.6 cm³/mol. The molecule has 110 valence electrons. The molecule has 0 bridgehead atoms. The molecule has 1 fully saturated rings. The lowest BCUT2D eigenvalue weighted by Crippen LogP contribution is -2.45. The van der Waals surface area contributed by atoms with E-state index in [4.69, 9.17) is 10.5 Å². The lowest BCUT2D eigenvalue weighted by Gasteiger charge is -2.28. The number of likely N-dealkylation sites (tertiary alicyclic amines) is 1. The van der Waals surface area contributed by atoms with Crippen LogP contribution < -0.4 is 5.73 Å². The average Bonchev–Trinajstić information content (AvgIpc) is 2.73. The molecule has 0 aliphatic carbocycles. The first-order chi connectivity index (χ1) is 8.61. The Labute approximate surface area is 114 Å². The van der Waals surface area contributed by atoms with E-state index in [0.29, 0.717) is 13.1 Å². The van der Waals surface area contributed by atoms with Gasteiger partial charge < -0.3 is 20.3 Å². The van der Waals surface area contributed by atoms with Crippen LogP contribution >= 0.6 is 0 Å². The molecule has 0 radical (unpaired) electrons. The summed E-state index contributed by atoms with van der Waals surface area (Å²) in [7, 11) is 1.71. The molecule has 0 aromatic heterocycles. The molecule has 1 heterocycles. The zero-order valence-electron chi connectivity index (χ0n) is 12.5. The van der Waals surface area contributed by atoms with Crippen molar-refractivity contribution < 1.29 is 14.3 Å². The normalized spacial score (nSPS) is 21.2. The molecule has 1 aliphatic rings. The minimum Gasteiger partial charge on any atom is -0.444 e. The second-order valence-electron chi connectivity index (χ2n) is 6.11. The molecule has 6 heteroatoms. The van der Waals surface area contributed by atoms with Crippen molar-refractivity contribution in [2.75, 3.05) is 20.1 Å². The smallest absolute Gasteiger partial charge is 0.410 e. The second kappa shape index (κ2) is 5.77. The lowest BCUT2D eigenvalue weighted by molar-refractivity contribution is -0.131. The molecule has 0 saturated carbocycles. The van der Waals surface area contributed by atoms with Crippen molar-refractivity contribution in [3.8, 4) is 0 Å². The van der Waals surface area contributed by atoms with Gasteiger partial charge in [0.05, 0.1) is 12.1 Å². The van der Waals surface area contributed by atoms with E-state index in [1.807, 2.05) is 20.8 Å². The van der Waals surface area contributed by atoms with E-state index in [-0.39, 0.29) is 18.0 Å². The van der Waals surface area contributed by atoms with Gasteiger partial charge in [-0.3, -0.25) is 4.79 Å². The summed E-state index contributed by atoms with van der Waals surface area (Å²) in [5.74, 6) is -0.0694. The minimum absolute atomic E-state index is 0.00227. The molecule has 0 spiro atoms. The van der Waals surface area contributed by atoms with Gasteiger partial charge in [-0.15, -0.1) is 0 Å². The maximum Gasteiger partial charge on any atom is 0.410 e. The maximum atomic E-state index is 11.9. The van der Waals surface area contributed by atoms with Crippen molar-refractivity contribution in [2.24, 2.45) is 5.73 Å². The van der Waals surface area contributed by atoms with Crippen LogP contribution in [0.3, 0.4) is 0 Å². The number of carbonyl (C=O) groups excluding carboxylic acids is 2. The Bertz CT molecular complexity index is 350. The van der Waals surface area contributed by atoms with E-state index < -0.39 is 11.6 Å². The Kier molecular flexibility index (Phi) is 4.79. The van der Waals surface area contributed by atoms with Gasteiger partial charge in [0.25, 0.3) is 0 Å².